The van der Waals surface area contributed by atoms with Gasteiger partial charge in [-0.3, -0.25) is 9.80 Å². The first-order valence-electron chi connectivity index (χ1n) is 24.3. The summed E-state index contributed by atoms with van der Waals surface area (Å²) in [5.74, 6) is -1.41. The maximum atomic E-state index is 18.1. The Hall–Kier alpha value is -6.24. The molecule has 5 aliphatic rings. The van der Waals surface area contributed by atoms with Crippen LogP contribution in [0.2, 0.25) is 0 Å². The zero-order chi connectivity index (χ0) is 50.3. The van der Waals surface area contributed by atoms with Gasteiger partial charge in [-0.15, -0.1) is 0 Å². The molecule has 0 saturated carbocycles. The monoisotopic (exact) mass is 986 g/mol. The number of carbonyl (C=O) groups excluding carboxylic acids is 1. The number of rotatable bonds is 11. The Kier molecular flexibility index (Phi) is 12.3. The lowest BCUT2D eigenvalue weighted by Crippen LogP contribution is -2.65. The lowest BCUT2D eigenvalue weighted by molar-refractivity contribution is -0.138. The highest BCUT2D eigenvalue weighted by Crippen LogP contribution is 2.49. The van der Waals surface area contributed by atoms with Crippen LogP contribution in [0.15, 0.2) is 48.5 Å². The van der Waals surface area contributed by atoms with E-state index in [1.807, 2.05) is 4.90 Å². The van der Waals surface area contributed by atoms with Crippen molar-refractivity contribution in [2.24, 2.45) is 5.92 Å². The van der Waals surface area contributed by atoms with E-state index in [1.54, 1.807) is 81.1 Å². The molecule has 0 N–H and O–H groups in total. The van der Waals surface area contributed by atoms with E-state index in [1.165, 1.54) is 19.1 Å². The van der Waals surface area contributed by atoms with Crippen LogP contribution in [0.1, 0.15) is 89.0 Å². The van der Waals surface area contributed by atoms with E-state index in [9.17, 15) is 4.79 Å². The van der Waals surface area contributed by atoms with E-state index < -0.39 is 81.5 Å². The Labute approximate surface area is 409 Å². The van der Waals surface area contributed by atoms with Gasteiger partial charge in [0, 0.05) is 31.7 Å². The van der Waals surface area contributed by atoms with E-state index in [-0.39, 0.29) is 60.9 Å². The smallest absolute Gasteiger partial charge is 0.418 e. The van der Waals surface area contributed by atoms with Crippen molar-refractivity contribution in [3.8, 4) is 34.8 Å². The van der Waals surface area contributed by atoms with Crippen LogP contribution in [0.25, 0.3) is 22.3 Å². The summed E-state index contributed by atoms with van der Waals surface area (Å²) in [6, 6.07) is 12.4. The molecule has 0 radical (unpaired) electrons. The number of alkyl halides is 3. The number of hydrogen-bond acceptors (Lipinski definition) is 13. The van der Waals surface area contributed by atoms with E-state index in [2.05, 4.69) is 26.8 Å². The number of methoxy groups -OCH3 is 2. The molecule has 2 aromatic carbocycles. The summed E-state index contributed by atoms with van der Waals surface area (Å²) >= 11 is 0. The van der Waals surface area contributed by atoms with Gasteiger partial charge in [-0.25, -0.2) is 23.5 Å². The van der Waals surface area contributed by atoms with Gasteiger partial charge in [0.25, 0.3) is 0 Å². The lowest BCUT2D eigenvalue weighted by Gasteiger charge is -2.48. The van der Waals surface area contributed by atoms with Crippen molar-refractivity contribution in [2.45, 2.75) is 128 Å². The number of piperazine rings is 1. The summed E-state index contributed by atoms with van der Waals surface area (Å²) in [6.07, 6.45) is -2.48. The fourth-order valence-corrected chi connectivity index (χ4v) is 11.8. The number of pyridine rings is 2. The van der Waals surface area contributed by atoms with E-state index in [0.29, 0.717) is 41.4 Å². The van der Waals surface area contributed by atoms with Gasteiger partial charge < -0.3 is 33.5 Å². The summed E-state index contributed by atoms with van der Waals surface area (Å²) in [5, 5.41) is 0.0291. The largest absolute Gasteiger partial charge is 0.497 e. The second kappa shape index (κ2) is 18.1. The molecule has 5 aromatic rings. The summed E-state index contributed by atoms with van der Waals surface area (Å²) < 4.78 is 112. The maximum absolute atomic E-state index is 18.1. The van der Waals surface area contributed by atoms with Crippen molar-refractivity contribution in [1.29, 1.82) is 0 Å². The number of hydrogen-bond donors (Lipinski definition) is 0. The van der Waals surface area contributed by atoms with Crippen molar-refractivity contribution in [1.82, 2.24) is 29.7 Å². The molecule has 4 saturated heterocycles. The lowest BCUT2D eigenvalue weighted by atomic mass is 9.92. The Morgan fingerprint density at radius 1 is 0.873 bits per heavy atom. The fraction of sp³-hybridized carbons (Fsp3) is 0.519. The van der Waals surface area contributed by atoms with Gasteiger partial charge in [0.2, 0.25) is 5.88 Å². The normalized spacial score (nSPS) is 23.8. The zero-order valence-electron chi connectivity index (χ0n) is 41.2. The first-order valence-corrected chi connectivity index (χ1v) is 24.3. The Morgan fingerprint density at radius 3 is 2.15 bits per heavy atom. The molecular weight excluding hydrogens is 928 g/mol. The number of nitrogens with zero attached hydrogens (tertiary/aromatic N) is 8. The third-order valence-corrected chi connectivity index (χ3v) is 14.8. The average Bonchev–Trinajstić information content (AvgIpc) is 3.94. The van der Waals surface area contributed by atoms with Gasteiger partial charge in [0.05, 0.1) is 43.4 Å². The number of carbonyl (C=O) groups is 1. The first-order chi connectivity index (χ1) is 33.8. The van der Waals surface area contributed by atoms with Crippen LogP contribution in [0.3, 0.4) is 0 Å². The number of halogens is 5. The van der Waals surface area contributed by atoms with Crippen molar-refractivity contribution in [2.75, 3.05) is 50.3 Å². The van der Waals surface area contributed by atoms with Crippen LogP contribution in [0.4, 0.5) is 38.4 Å². The minimum Gasteiger partial charge on any atom is -0.497 e. The number of aromatic nitrogens is 4. The van der Waals surface area contributed by atoms with E-state index in [4.69, 9.17) is 28.7 Å². The average molecular weight is 987 g/mol. The standard InChI is InChI=1S/C52H59F5N8O6/c1-28-22-51(20-9-21-63(51)23-28)27-69-48-60-41-37-45(61-48)64-26-33-14-19-36(65(33)49(66)71-50(4,5)6)44(64)30(3)70-47(37)59-43(40(41)54)42-38(52(55,56)57)29(2)39(53)46(58-42)62(24-31-10-15-34(67-7)16-11-31)25-32-12-17-35(68-8)18-13-32/h10-13,15-18,28,30,33,36,44H,9,14,19-27H2,1-8H3/t28-,30+,33?,36?,44-,51+/m1/s1. The van der Waals surface area contributed by atoms with E-state index in [0.717, 1.165) is 39.3 Å². The van der Waals surface area contributed by atoms with Crippen LogP contribution >= 0.6 is 0 Å². The Morgan fingerprint density at radius 2 is 1.54 bits per heavy atom. The van der Waals surface area contributed by atoms with Crippen molar-refractivity contribution < 1.29 is 50.4 Å². The molecule has 378 valence electrons. The minimum atomic E-state index is -5.23. The fourth-order valence-electron chi connectivity index (χ4n) is 11.8. The van der Waals surface area contributed by atoms with Crippen LogP contribution in [0, 0.1) is 24.5 Å². The molecule has 0 aliphatic carbocycles. The predicted molar refractivity (Wildman–Crippen MR) is 255 cm³/mol. The molecule has 19 heteroatoms. The van der Waals surface area contributed by atoms with Gasteiger partial charge >= 0.3 is 18.3 Å². The van der Waals surface area contributed by atoms with Crippen molar-refractivity contribution >= 4 is 28.6 Å². The number of anilines is 2. The summed E-state index contributed by atoms with van der Waals surface area (Å²) in [4.78, 5) is 40.2. The van der Waals surface area contributed by atoms with Crippen LogP contribution in [-0.4, -0.2) is 112 Å². The highest BCUT2D eigenvalue weighted by atomic mass is 19.4. The van der Waals surface area contributed by atoms with Gasteiger partial charge in [0.1, 0.15) is 57.9 Å². The molecule has 2 bridgehead atoms. The molecule has 1 amide bonds. The summed E-state index contributed by atoms with van der Waals surface area (Å²) in [5.41, 5.74) is -4.22. The zero-order valence-corrected chi connectivity index (χ0v) is 41.2. The van der Waals surface area contributed by atoms with Crippen LogP contribution < -0.4 is 28.7 Å². The topological polar surface area (TPSA) is 128 Å². The predicted octanol–water partition coefficient (Wildman–Crippen LogP) is 9.91. The molecule has 71 heavy (non-hydrogen) atoms. The number of fused-ring (bicyclic) bond motifs is 6. The van der Waals surface area contributed by atoms with Crippen LogP contribution in [-0.2, 0) is 24.0 Å². The molecule has 14 nitrogen and oxygen atoms in total. The molecular formula is C52H59F5N8O6. The minimum absolute atomic E-state index is 0.0155. The van der Waals surface area contributed by atoms with Crippen LogP contribution in [0.5, 0.6) is 23.4 Å². The molecule has 5 aliphatic heterocycles. The van der Waals surface area contributed by atoms with Gasteiger partial charge in [-0.1, -0.05) is 31.2 Å². The number of benzene rings is 2. The van der Waals surface area contributed by atoms with Gasteiger partial charge in [0.15, 0.2) is 17.5 Å². The first kappa shape index (κ1) is 48.4. The third-order valence-electron chi connectivity index (χ3n) is 14.8. The molecule has 4 fully saturated rings. The molecule has 8 heterocycles. The van der Waals surface area contributed by atoms with Crippen molar-refractivity contribution in [3.05, 3.63) is 82.4 Å². The molecule has 3 aromatic heterocycles. The SMILES string of the molecule is COc1ccc(CN(Cc2ccc(OC)cc2)c2nc(-c3nc4c5c(nc(OC[C@@]67CCCN6C[C@H](C)C7)nc5c3F)N3CC5CCC([C@H]3[C@H](C)O4)N5C(=O)OC(C)(C)C)c(C(F)(F)F)c(C)c2F)cc1. The summed E-state index contributed by atoms with van der Waals surface area (Å²) in [6.45, 7) is 12.6. The van der Waals surface area contributed by atoms with Crippen molar-refractivity contribution in [3.63, 3.8) is 0 Å². The van der Waals surface area contributed by atoms with E-state index >= 15 is 22.0 Å². The number of ether oxygens (including phenoxy) is 5. The second-order valence-corrected chi connectivity index (χ2v) is 20.8. The quantitative estimate of drug-likeness (QED) is 0.117. The summed E-state index contributed by atoms with van der Waals surface area (Å²) in [7, 11) is 3.04. The molecule has 0 spiro atoms. The van der Waals surface area contributed by atoms with Gasteiger partial charge in [-0.05, 0) is 115 Å². The molecule has 2 unspecified atom stereocenters. The number of amides is 1. The highest BCUT2D eigenvalue weighted by Gasteiger charge is 2.54. The Bertz CT molecular complexity index is 2800. The highest BCUT2D eigenvalue weighted by molar-refractivity contribution is 5.97. The molecule has 6 atom stereocenters. The maximum Gasteiger partial charge on any atom is 0.418 e. The molecule has 10 rings (SSSR count). The Balaban J connectivity index is 1.15. The second-order valence-electron chi connectivity index (χ2n) is 20.8. The van der Waals surface area contributed by atoms with Gasteiger partial charge in [-0.2, -0.15) is 23.1 Å². The third kappa shape index (κ3) is 8.85.